The molecule has 2 N–H and O–H groups in total. The van der Waals surface area contributed by atoms with Crippen LogP contribution in [0.2, 0.25) is 0 Å². The van der Waals surface area contributed by atoms with Crippen LogP contribution < -0.4 is 10.3 Å². The number of hydrogen-bond acceptors (Lipinski definition) is 2. The highest BCUT2D eigenvalue weighted by Gasteiger charge is 2.24. The van der Waals surface area contributed by atoms with E-state index in [1.54, 1.807) is 0 Å². The van der Waals surface area contributed by atoms with Gasteiger partial charge in [-0.05, 0) is 43.2 Å². The molecular formula is C16H24N3+. The molecule has 0 saturated heterocycles. The molecule has 0 atom stereocenters. The van der Waals surface area contributed by atoms with Crippen molar-refractivity contribution in [2.24, 2.45) is 0 Å². The lowest BCUT2D eigenvalue weighted by atomic mass is 9.87. The molecule has 0 amide bonds. The van der Waals surface area contributed by atoms with Crippen LogP contribution in [0, 0.1) is 11.3 Å². The second-order valence-corrected chi connectivity index (χ2v) is 5.26. The lowest BCUT2D eigenvalue weighted by Crippen LogP contribution is -2.25. The van der Waals surface area contributed by atoms with Gasteiger partial charge >= 0.3 is 0 Å². The first-order valence-electron chi connectivity index (χ1n) is 7.55. The number of fused-ring (bicyclic) bond motifs is 1. The summed E-state index contributed by atoms with van der Waals surface area (Å²) in [5.74, 6) is 0.938. The van der Waals surface area contributed by atoms with Gasteiger partial charge in [-0.2, -0.15) is 5.26 Å². The molecule has 102 valence electrons. The van der Waals surface area contributed by atoms with Crippen LogP contribution in [0.15, 0.2) is 0 Å². The predicted molar refractivity (Wildman–Crippen MR) is 77.1 cm³/mol. The Morgan fingerprint density at radius 3 is 2.58 bits per heavy atom. The molecule has 3 nitrogen and oxygen atoms in total. The zero-order valence-corrected chi connectivity index (χ0v) is 12.1. The van der Waals surface area contributed by atoms with E-state index >= 15 is 0 Å². The number of nitrogens with one attached hydrogen (secondary N) is 2. The predicted octanol–water partition coefficient (Wildman–Crippen LogP) is 3.03. The number of aromatic amines is 1. The molecule has 0 fully saturated rings. The highest BCUT2D eigenvalue weighted by atomic mass is 15.0. The number of hydrogen-bond donors (Lipinski definition) is 1. The maximum absolute atomic E-state index is 9.48. The second-order valence-electron chi connectivity index (χ2n) is 5.26. The van der Waals surface area contributed by atoms with E-state index in [-0.39, 0.29) is 0 Å². The van der Waals surface area contributed by atoms with Gasteiger partial charge in [0.2, 0.25) is 0 Å². The van der Waals surface area contributed by atoms with Gasteiger partial charge in [-0.1, -0.05) is 20.3 Å². The van der Waals surface area contributed by atoms with Crippen molar-refractivity contribution in [2.75, 3.05) is 11.9 Å². The topological polar surface area (TPSA) is 50.0 Å². The summed E-state index contributed by atoms with van der Waals surface area (Å²) >= 11 is 0. The Morgan fingerprint density at radius 1 is 1.21 bits per heavy atom. The van der Waals surface area contributed by atoms with Gasteiger partial charge in [-0.15, -0.1) is 0 Å². The fraction of sp³-hybridized carbons (Fsp3) is 0.625. The molecule has 3 heteroatoms. The van der Waals surface area contributed by atoms with E-state index in [1.165, 1.54) is 36.1 Å². The monoisotopic (exact) mass is 258 g/mol. The number of aryl methyl sites for hydroxylation is 1. The Morgan fingerprint density at radius 2 is 1.95 bits per heavy atom. The fourth-order valence-electron chi connectivity index (χ4n) is 2.90. The minimum atomic E-state index is 0.850. The van der Waals surface area contributed by atoms with E-state index in [4.69, 9.17) is 0 Å². The zero-order valence-electron chi connectivity index (χ0n) is 12.1. The SMILES string of the molecule is CCCCNc1[nH+]c(CC)c2c(c1C#N)CCCC2. The Labute approximate surface area is 116 Å². The van der Waals surface area contributed by atoms with Crippen molar-refractivity contribution in [2.45, 2.75) is 58.8 Å². The van der Waals surface area contributed by atoms with Crippen LogP contribution in [-0.2, 0) is 19.3 Å². The van der Waals surface area contributed by atoms with Crippen molar-refractivity contribution in [3.8, 4) is 6.07 Å². The van der Waals surface area contributed by atoms with E-state index in [1.807, 2.05) is 0 Å². The lowest BCUT2D eigenvalue weighted by molar-refractivity contribution is -0.374. The van der Waals surface area contributed by atoms with Gasteiger partial charge in [0.25, 0.3) is 5.82 Å². The van der Waals surface area contributed by atoms with Crippen molar-refractivity contribution >= 4 is 5.82 Å². The minimum Gasteiger partial charge on any atom is -0.273 e. The first-order chi connectivity index (χ1) is 9.31. The summed E-state index contributed by atoms with van der Waals surface area (Å²) in [6.07, 6.45) is 7.96. The van der Waals surface area contributed by atoms with Gasteiger partial charge in [0.1, 0.15) is 17.3 Å². The molecule has 1 heterocycles. The fourth-order valence-corrected chi connectivity index (χ4v) is 2.90. The molecule has 0 unspecified atom stereocenters. The van der Waals surface area contributed by atoms with E-state index in [2.05, 4.69) is 30.2 Å². The van der Waals surface area contributed by atoms with Crippen LogP contribution in [0.4, 0.5) is 5.82 Å². The third-order valence-corrected chi connectivity index (χ3v) is 3.96. The second kappa shape index (κ2) is 6.56. The molecule has 1 aromatic rings. The number of H-pyrrole nitrogens is 1. The summed E-state index contributed by atoms with van der Waals surface area (Å²) in [6.45, 7) is 5.30. The number of anilines is 1. The van der Waals surface area contributed by atoms with E-state index < -0.39 is 0 Å². The zero-order chi connectivity index (χ0) is 13.7. The Kier molecular flexibility index (Phi) is 4.79. The molecule has 0 spiro atoms. The lowest BCUT2D eigenvalue weighted by Gasteiger charge is -2.19. The average Bonchev–Trinajstić information content (AvgIpc) is 2.46. The van der Waals surface area contributed by atoms with Gasteiger partial charge in [0, 0.05) is 6.42 Å². The number of unbranched alkanes of at least 4 members (excludes halogenated alkanes) is 1. The molecule has 0 saturated carbocycles. The summed E-state index contributed by atoms with van der Waals surface area (Å²) in [6, 6.07) is 2.41. The van der Waals surface area contributed by atoms with Crippen molar-refractivity contribution < 1.29 is 4.98 Å². The van der Waals surface area contributed by atoms with E-state index in [0.717, 1.165) is 43.6 Å². The molecule has 1 aromatic heterocycles. The summed E-state index contributed by atoms with van der Waals surface area (Å²) in [5, 5.41) is 12.9. The van der Waals surface area contributed by atoms with Crippen LogP contribution in [0.5, 0.6) is 0 Å². The number of pyridine rings is 1. The summed E-state index contributed by atoms with van der Waals surface area (Å²) in [4.78, 5) is 3.47. The summed E-state index contributed by atoms with van der Waals surface area (Å²) in [5.41, 5.74) is 4.87. The summed E-state index contributed by atoms with van der Waals surface area (Å²) in [7, 11) is 0. The van der Waals surface area contributed by atoms with Crippen LogP contribution >= 0.6 is 0 Å². The van der Waals surface area contributed by atoms with Crippen molar-refractivity contribution in [1.82, 2.24) is 0 Å². The molecular weight excluding hydrogens is 234 g/mol. The maximum atomic E-state index is 9.48. The number of nitrogens with zero attached hydrogens (tertiary/aromatic N) is 1. The first kappa shape index (κ1) is 13.9. The minimum absolute atomic E-state index is 0.850. The molecule has 0 aromatic carbocycles. The van der Waals surface area contributed by atoms with Crippen LogP contribution in [0.3, 0.4) is 0 Å². The Hall–Kier alpha value is -1.56. The molecule has 19 heavy (non-hydrogen) atoms. The van der Waals surface area contributed by atoms with Gasteiger partial charge in [-0.3, -0.25) is 5.32 Å². The molecule has 2 rings (SSSR count). The highest BCUT2D eigenvalue weighted by molar-refractivity contribution is 5.56. The Balaban J connectivity index is 2.39. The summed E-state index contributed by atoms with van der Waals surface area (Å²) < 4.78 is 0. The van der Waals surface area contributed by atoms with E-state index in [0.29, 0.717) is 0 Å². The van der Waals surface area contributed by atoms with Crippen LogP contribution in [-0.4, -0.2) is 6.54 Å². The van der Waals surface area contributed by atoms with E-state index in [9.17, 15) is 5.26 Å². The normalized spacial score (nSPS) is 13.7. The van der Waals surface area contributed by atoms with Gasteiger partial charge in [0.05, 0.1) is 6.54 Å². The molecule has 1 aliphatic carbocycles. The molecule has 0 radical (unpaired) electrons. The molecule has 0 bridgehead atoms. The highest BCUT2D eigenvalue weighted by Crippen LogP contribution is 2.28. The number of nitriles is 1. The number of rotatable bonds is 5. The largest absolute Gasteiger partial charge is 0.290 e. The quantitative estimate of drug-likeness (QED) is 0.825. The van der Waals surface area contributed by atoms with Crippen molar-refractivity contribution in [3.05, 3.63) is 22.4 Å². The third-order valence-electron chi connectivity index (χ3n) is 3.96. The molecule has 0 aliphatic heterocycles. The first-order valence-corrected chi connectivity index (χ1v) is 7.55. The standard InChI is InChI=1S/C16H23N3/c1-3-5-10-18-16-14(11-17)12-8-6-7-9-13(12)15(4-2)19-16/h3-10H2,1-2H3,(H,18,19)/p+1. The molecule has 1 aliphatic rings. The smallest absolute Gasteiger partial charge is 0.273 e. The van der Waals surface area contributed by atoms with Crippen LogP contribution in [0.1, 0.15) is 61.9 Å². The third kappa shape index (κ3) is 2.89. The maximum Gasteiger partial charge on any atom is 0.290 e. The van der Waals surface area contributed by atoms with Gasteiger partial charge < -0.3 is 0 Å². The van der Waals surface area contributed by atoms with Crippen molar-refractivity contribution in [3.63, 3.8) is 0 Å². The average molecular weight is 258 g/mol. The van der Waals surface area contributed by atoms with Gasteiger partial charge in [-0.25, -0.2) is 4.98 Å². The van der Waals surface area contributed by atoms with Gasteiger partial charge in [0.15, 0.2) is 0 Å². The number of aromatic nitrogens is 1. The van der Waals surface area contributed by atoms with Crippen molar-refractivity contribution in [1.29, 1.82) is 5.26 Å². The van der Waals surface area contributed by atoms with Crippen LogP contribution in [0.25, 0.3) is 0 Å². The Bertz CT molecular complexity index is 486.